The van der Waals surface area contributed by atoms with E-state index in [2.05, 4.69) is 4.98 Å². The lowest BCUT2D eigenvalue weighted by Crippen LogP contribution is -2.03. The van der Waals surface area contributed by atoms with Gasteiger partial charge in [-0.1, -0.05) is 30.3 Å². The summed E-state index contributed by atoms with van der Waals surface area (Å²) in [6.07, 6.45) is 0. The molecule has 0 saturated heterocycles. The first kappa shape index (κ1) is 15.7. The minimum absolute atomic E-state index is 0.404. The van der Waals surface area contributed by atoms with Crippen molar-refractivity contribution in [2.24, 2.45) is 0 Å². The van der Waals surface area contributed by atoms with E-state index in [0.29, 0.717) is 17.2 Å². The van der Waals surface area contributed by atoms with Crippen molar-refractivity contribution in [2.45, 2.75) is 0 Å². The molecule has 23 heavy (non-hydrogen) atoms. The molecule has 3 aromatic rings. The number of fused-ring (bicyclic) bond motifs is 1. The van der Waals surface area contributed by atoms with E-state index in [1.807, 2.05) is 65.5 Å². The number of aromatic nitrogens is 1. The molecule has 1 heterocycles. The van der Waals surface area contributed by atoms with Crippen molar-refractivity contribution in [3.05, 3.63) is 48.2 Å². The molecule has 0 radical (unpaired) electrons. The van der Waals surface area contributed by atoms with Crippen molar-refractivity contribution in [3.8, 4) is 22.6 Å². The van der Waals surface area contributed by atoms with Gasteiger partial charge in [-0.05, 0) is 11.6 Å². The van der Waals surface area contributed by atoms with E-state index in [1.54, 1.807) is 7.11 Å². The van der Waals surface area contributed by atoms with Gasteiger partial charge in [-0.15, -0.1) is 0 Å². The summed E-state index contributed by atoms with van der Waals surface area (Å²) in [5, 5.41) is 0.865. The maximum Gasteiger partial charge on any atom is 0.355 e. The van der Waals surface area contributed by atoms with Gasteiger partial charge in [-0.3, -0.25) is 0 Å². The standard InChI is InChI=1S/C17H14INO4/c1-21-13-9-12-11(8-14(13)23-18)15(10-6-4-3-5-7-10)16(19-12)17(20)22-2/h3-9,19H,1-2H3. The molecule has 0 atom stereocenters. The predicted molar refractivity (Wildman–Crippen MR) is 96.3 cm³/mol. The quantitative estimate of drug-likeness (QED) is 0.501. The molecule has 2 aromatic carbocycles. The predicted octanol–water partition coefficient (Wildman–Crippen LogP) is 4.36. The molecule has 0 aliphatic heterocycles. The average molecular weight is 423 g/mol. The number of carbonyl (C=O) groups is 1. The maximum absolute atomic E-state index is 12.2. The van der Waals surface area contributed by atoms with E-state index in [4.69, 9.17) is 12.5 Å². The summed E-state index contributed by atoms with van der Waals surface area (Å²) in [7, 11) is 2.94. The van der Waals surface area contributed by atoms with Crippen LogP contribution in [0.3, 0.4) is 0 Å². The first-order valence-corrected chi connectivity index (χ1v) is 7.73. The van der Waals surface area contributed by atoms with E-state index >= 15 is 0 Å². The van der Waals surface area contributed by atoms with E-state index in [1.165, 1.54) is 7.11 Å². The number of carbonyl (C=O) groups excluding carboxylic acids is 1. The molecule has 1 aromatic heterocycles. The lowest BCUT2D eigenvalue weighted by Gasteiger charge is -2.07. The molecule has 0 amide bonds. The maximum atomic E-state index is 12.2. The molecule has 118 valence electrons. The lowest BCUT2D eigenvalue weighted by molar-refractivity contribution is 0.0596. The fourth-order valence-electron chi connectivity index (χ4n) is 2.58. The Morgan fingerprint density at radius 1 is 1.09 bits per heavy atom. The Kier molecular flexibility index (Phi) is 4.42. The van der Waals surface area contributed by atoms with Gasteiger partial charge in [0.2, 0.25) is 0 Å². The number of H-pyrrole nitrogens is 1. The van der Waals surface area contributed by atoms with Crippen molar-refractivity contribution >= 4 is 39.9 Å². The minimum Gasteiger partial charge on any atom is -0.493 e. The number of ether oxygens (including phenoxy) is 2. The third-order valence-electron chi connectivity index (χ3n) is 3.62. The second-order valence-electron chi connectivity index (χ2n) is 4.86. The van der Waals surface area contributed by atoms with Crippen LogP contribution in [0.15, 0.2) is 42.5 Å². The molecule has 1 N–H and O–H groups in total. The van der Waals surface area contributed by atoms with E-state index in [-0.39, 0.29) is 0 Å². The molecule has 0 unspecified atom stereocenters. The second kappa shape index (κ2) is 6.49. The van der Waals surface area contributed by atoms with Crippen LogP contribution in [-0.2, 0) is 4.74 Å². The van der Waals surface area contributed by atoms with E-state index < -0.39 is 5.97 Å². The van der Waals surface area contributed by atoms with Gasteiger partial charge < -0.3 is 17.5 Å². The average Bonchev–Trinajstić information content (AvgIpc) is 2.98. The number of esters is 1. The number of halogens is 1. The van der Waals surface area contributed by atoms with Gasteiger partial charge >= 0.3 is 5.97 Å². The van der Waals surface area contributed by atoms with Crippen molar-refractivity contribution in [1.29, 1.82) is 0 Å². The number of methoxy groups -OCH3 is 2. The van der Waals surface area contributed by atoms with Gasteiger partial charge in [0, 0.05) is 17.0 Å². The van der Waals surface area contributed by atoms with Crippen molar-refractivity contribution in [3.63, 3.8) is 0 Å². The first-order chi connectivity index (χ1) is 11.2. The number of hydrogen-bond donors (Lipinski definition) is 1. The summed E-state index contributed by atoms with van der Waals surface area (Å²) in [6.45, 7) is 0. The van der Waals surface area contributed by atoms with Gasteiger partial charge in [0.15, 0.2) is 34.5 Å². The highest BCUT2D eigenvalue weighted by Crippen LogP contribution is 2.39. The van der Waals surface area contributed by atoms with Crippen LogP contribution in [0.5, 0.6) is 11.5 Å². The van der Waals surface area contributed by atoms with Crippen LogP contribution in [0.2, 0.25) is 0 Å². The van der Waals surface area contributed by atoms with Crippen LogP contribution >= 0.6 is 23.0 Å². The van der Waals surface area contributed by atoms with Crippen LogP contribution in [0.25, 0.3) is 22.0 Å². The van der Waals surface area contributed by atoms with Gasteiger partial charge in [0.25, 0.3) is 0 Å². The number of hydrogen-bond acceptors (Lipinski definition) is 4. The Morgan fingerprint density at radius 2 is 1.83 bits per heavy atom. The van der Waals surface area contributed by atoms with Crippen LogP contribution in [0.1, 0.15) is 10.5 Å². The van der Waals surface area contributed by atoms with E-state index in [0.717, 1.165) is 22.0 Å². The second-order valence-corrected chi connectivity index (χ2v) is 5.30. The highest BCUT2D eigenvalue weighted by Gasteiger charge is 2.21. The molecular weight excluding hydrogens is 409 g/mol. The Labute approximate surface area is 147 Å². The molecular formula is C17H14INO4. The van der Waals surface area contributed by atoms with E-state index in [9.17, 15) is 4.79 Å². The highest BCUT2D eigenvalue weighted by molar-refractivity contribution is 14.1. The Morgan fingerprint density at radius 3 is 2.43 bits per heavy atom. The molecule has 0 fully saturated rings. The van der Waals surface area contributed by atoms with Crippen molar-refractivity contribution < 1.29 is 17.3 Å². The fraction of sp³-hybridized carbons (Fsp3) is 0.118. The van der Waals surface area contributed by atoms with Gasteiger partial charge in [-0.25, -0.2) is 4.79 Å². The molecule has 5 nitrogen and oxygen atoms in total. The summed E-state index contributed by atoms with van der Waals surface area (Å²) < 4.78 is 15.6. The van der Waals surface area contributed by atoms with Gasteiger partial charge in [0.05, 0.1) is 19.7 Å². The summed E-state index contributed by atoms with van der Waals surface area (Å²) >= 11 is 1.81. The summed E-state index contributed by atoms with van der Waals surface area (Å²) in [5.74, 6) is 0.758. The molecule has 0 aliphatic rings. The SMILES string of the molecule is COC(=O)c1[nH]c2cc(OC)c(OI)cc2c1-c1ccccc1. The van der Waals surface area contributed by atoms with Crippen LogP contribution in [0.4, 0.5) is 0 Å². The van der Waals surface area contributed by atoms with Crippen LogP contribution in [0, 0.1) is 0 Å². The fourth-order valence-corrected chi connectivity index (χ4v) is 2.93. The first-order valence-electron chi connectivity index (χ1n) is 6.85. The molecule has 0 aliphatic carbocycles. The Bertz CT molecular complexity index is 858. The van der Waals surface area contributed by atoms with Gasteiger partial charge in [-0.2, -0.15) is 0 Å². The van der Waals surface area contributed by atoms with Crippen LogP contribution in [-0.4, -0.2) is 25.2 Å². The van der Waals surface area contributed by atoms with Crippen molar-refractivity contribution in [2.75, 3.05) is 14.2 Å². The third-order valence-corrected chi connectivity index (χ3v) is 4.09. The minimum atomic E-state index is -0.420. The van der Waals surface area contributed by atoms with Crippen LogP contribution < -0.4 is 7.80 Å². The van der Waals surface area contributed by atoms with Crippen molar-refractivity contribution in [1.82, 2.24) is 4.98 Å². The topological polar surface area (TPSA) is 60.6 Å². The monoisotopic (exact) mass is 423 g/mol. The zero-order valence-electron chi connectivity index (χ0n) is 12.6. The largest absolute Gasteiger partial charge is 0.493 e. The lowest BCUT2D eigenvalue weighted by atomic mass is 10.0. The Balaban J connectivity index is 2.35. The Hall–Kier alpha value is -2.22. The highest BCUT2D eigenvalue weighted by atomic mass is 127. The molecule has 0 saturated carbocycles. The molecule has 0 bridgehead atoms. The summed E-state index contributed by atoms with van der Waals surface area (Å²) in [6, 6.07) is 13.3. The normalized spacial score (nSPS) is 10.6. The molecule has 3 rings (SSSR count). The van der Waals surface area contributed by atoms with Gasteiger partial charge in [0.1, 0.15) is 5.69 Å². The molecule has 6 heteroatoms. The molecule has 0 spiro atoms. The number of rotatable bonds is 4. The third kappa shape index (κ3) is 2.74. The summed E-state index contributed by atoms with van der Waals surface area (Å²) in [5.41, 5.74) is 2.88. The smallest absolute Gasteiger partial charge is 0.355 e. The summed E-state index contributed by atoms with van der Waals surface area (Å²) in [4.78, 5) is 15.3. The number of benzene rings is 2. The zero-order valence-corrected chi connectivity index (χ0v) is 14.7. The zero-order chi connectivity index (χ0) is 16.4. The number of nitrogens with one attached hydrogen (secondary N) is 1. The number of aromatic amines is 1.